The number of ketones is 1. The summed E-state index contributed by atoms with van der Waals surface area (Å²) >= 11 is 6.77. The van der Waals surface area contributed by atoms with Crippen molar-refractivity contribution in [3.05, 3.63) is 42.0 Å². The summed E-state index contributed by atoms with van der Waals surface area (Å²) in [6.45, 7) is 14.0. The molecule has 4 nitrogen and oxygen atoms in total. The largest absolute Gasteiger partial charge is 0.328 e. The van der Waals surface area contributed by atoms with Gasteiger partial charge in [0.2, 0.25) is 6.41 Å². The Morgan fingerprint density at radius 3 is 2.62 bits per heavy atom. The molecule has 3 rings (SSSR count). The Morgan fingerprint density at radius 2 is 2.04 bits per heavy atom. The Hall–Kier alpha value is -1.94. The van der Waals surface area contributed by atoms with E-state index in [1.807, 2.05) is 25.1 Å². The number of fused-ring (bicyclic) bond motifs is 2. The van der Waals surface area contributed by atoms with Crippen molar-refractivity contribution in [1.82, 2.24) is 0 Å². The fourth-order valence-electron chi connectivity index (χ4n) is 4.95. The van der Waals surface area contributed by atoms with Gasteiger partial charge in [-0.25, -0.2) is 0 Å². The van der Waals surface area contributed by atoms with Gasteiger partial charge < -0.3 is 5.32 Å². The van der Waals surface area contributed by atoms with Crippen molar-refractivity contribution in [3.8, 4) is 0 Å². The molecule has 5 atom stereocenters. The lowest BCUT2D eigenvalue weighted by Crippen LogP contribution is -2.59. The van der Waals surface area contributed by atoms with Gasteiger partial charge in [0.1, 0.15) is 0 Å². The number of hydrogen-bond acceptors (Lipinski definition) is 3. The molecule has 0 aromatic heterocycles. The molecule has 1 amide bonds. The quantitative estimate of drug-likeness (QED) is 0.372. The molecule has 1 aromatic carbocycles. The molecule has 2 aliphatic carbocycles. The molecule has 0 radical (unpaired) electrons. The van der Waals surface area contributed by atoms with Gasteiger partial charge in [0, 0.05) is 22.3 Å². The van der Waals surface area contributed by atoms with E-state index in [1.165, 1.54) is 0 Å². The summed E-state index contributed by atoms with van der Waals surface area (Å²) in [7, 11) is 0. The molecule has 0 heterocycles. The number of Topliss-reactive ketones (excluding diaryl/α,β-unsaturated/α-hetero) is 1. The second kappa shape index (κ2) is 6.34. The van der Waals surface area contributed by atoms with Gasteiger partial charge in [-0.15, -0.1) is 18.2 Å². The van der Waals surface area contributed by atoms with Crippen LogP contribution in [0.25, 0.3) is 0 Å². The van der Waals surface area contributed by atoms with Crippen LogP contribution in [0.5, 0.6) is 0 Å². The van der Waals surface area contributed by atoms with Crippen molar-refractivity contribution >= 4 is 36.2 Å². The number of carbonyl (C=O) groups excluding carboxylic acids is 2. The monoisotopic (exact) mass is 372 g/mol. The first-order valence-electron chi connectivity index (χ1n) is 8.85. The molecule has 0 spiro atoms. The maximum Gasteiger partial charge on any atom is 0.211 e. The molecule has 1 N–H and O–H groups in total. The van der Waals surface area contributed by atoms with E-state index >= 15 is 0 Å². The van der Waals surface area contributed by atoms with Gasteiger partial charge in [0.15, 0.2) is 5.78 Å². The molecular weight excluding hydrogens is 348 g/mol. The summed E-state index contributed by atoms with van der Waals surface area (Å²) in [5.41, 5.74) is 1.28. The average molecular weight is 373 g/mol. The van der Waals surface area contributed by atoms with Crippen LogP contribution in [-0.4, -0.2) is 30.3 Å². The topological polar surface area (TPSA) is 58.5 Å². The minimum atomic E-state index is -0.513. The van der Waals surface area contributed by atoms with Gasteiger partial charge in [0.05, 0.1) is 11.7 Å². The van der Waals surface area contributed by atoms with Gasteiger partial charge >= 0.3 is 0 Å². The van der Waals surface area contributed by atoms with Gasteiger partial charge in [0.25, 0.3) is 0 Å². The summed E-state index contributed by atoms with van der Waals surface area (Å²) in [5, 5.41) is 2.50. The smallest absolute Gasteiger partial charge is 0.211 e. The number of rotatable bonds is 4. The summed E-state index contributed by atoms with van der Waals surface area (Å²) < 4.78 is 0. The number of amides is 1. The normalized spacial score (nSPS) is 35.0. The molecule has 5 unspecified atom stereocenters. The summed E-state index contributed by atoms with van der Waals surface area (Å²) in [5.74, 6) is -0.300. The number of halogens is 1. The lowest BCUT2D eigenvalue weighted by Gasteiger charge is -2.55. The third-order valence-electron chi connectivity index (χ3n) is 6.63. The Bertz CT molecular complexity index is 788. The second-order valence-electron chi connectivity index (χ2n) is 8.11. The highest BCUT2D eigenvalue weighted by Crippen LogP contribution is 2.57. The van der Waals surface area contributed by atoms with E-state index in [2.05, 4.69) is 37.5 Å². The standard InChI is InChI=1S/C21H25ClN2O2/c1-6-21(4)15(22)10-13-17(19(21)23-5)18(26)16-12(20(13,2)3)8-7-9-14(16)24-11-25/h6-9,11,13,15,17,19H,1,5,10H2,2-4H3,(H,24,25). The zero-order valence-corrected chi connectivity index (χ0v) is 16.2. The second-order valence-corrected chi connectivity index (χ2v) is 8.64. The van der Waals surface area contributed by atoms with E-state index in [-0.39, 0.29) is 34.5 Å². The van der Waals surface area contributed by atoms with Crippen LogP contribution >= 0.6 is 11.6 Å². The zero-order valence-electron chi connectivity index (χ0n) is 15.5. The molecule has 1 fully saturated rings. The van der Waals surface area contributed by atoms with Crippen molar-refractivity contribution in [3.63, 3.8) is 0 Å². The SMILES string of the molecule is C=CC1(C)C(Cl)CC2C(C(=O)c3c(NC=O)cccc3C2(C)C)C1N=C. The van der Waals surface area contributed by atoms with E-state index in [0.717, 1.165) is 5.56 Å². The van der Waals surface area contributed by atoms with Gasteiger partial charge in [-0.1, -0.05) is 39.0 Å². The summed E-state index contributed by atoms with van der Waals surface area (Å²) in [6, 6.07) is 5.25. The van der Waals surface area contributed by atoms with Crippen LogP contribution in [0.2, 0.25) is 0 Å². The first kappa shape index (κ1) is 18.8. The fourth-order valence-corrected chi connectivity index (χ4v) is 5.36. The molecule has 0 aliphatic heterocycles. The Kier molecular flexibility index (Phi) is 4.60. The van der Waals surface area contributed by atoms with E-state index < -0.39 is 5.41 Å². The third kappa shape index (κ3) is 2.38. The summed E-state index contributed by atoms with van der Waals surface area (Å²) in [4.78, 5) is 29.0. The lowest BCUT2D eigenvalue weighted by atomic mass is 9.50. The van der Waals surface area contributed by atoms with Crippen molar-refractivity contribution in [2.45, 2.75) is 44.0 Å². The van der Waals surface area contributed by atoms with E-state index in [4.69, 9.17) is 11.6 Å². The first-order chi connectivity index (χ1) is 12.2. The number of benzene rings is 1. The van der Waals surface area contributed by atoms with Crippen LogP contribution in [0.4, 0.5) is 5.69 Å². The van der Waals surface area contributed by atoms with Crippen LogP contribution in [0.1, 0.15) is 43.1 Å². The molecule has 26 heavy (non-hydrogen) atoms. The van der Waals surface area contributed by atoms with Crippen molar-refractivity contribution in [1.29, 1.82) is 0 Å². The van der Waals surface area contributed by atoms with Crippen LogP contribution in [0, 0.1) is 17.3 Å². The highest BCUT2D eigenvalue weighted by Gasteiger charge is 2.59. The number of aliphatic imine (C=N–C) groups is 1. The van der Waals surface area contributed by atoms with Gasteiger partial charge in [-0.3, -0.25) is 14.6 Å². The highest BCUT2D eigenvalue weighted by atomic mass is 35.5. The predicted octanol–water partition coefficient (Wildman–Crippen LogP) is 4.23. The number of nitrogens with one attached hydrogen (secondary N) is 1. The average Bonchev–Trinajstić information content (AvgIpc) is 2.61. The number of carbonyl (C=O) groups is 2. The van der Waals surface area contributed by atoms with E-state index in [9.17, 15) is 9.59 Å². The number of anilines is 1. The molecule has 1 aromatic rings. The first-order valence-corrected chi connectivity index (χ1v) is 9.29. The van der Waals surface area contributed by atoms with Crippen molar-refractivity contribution in [2.24, 2.45) is 22.2 Å². The predicted molar refractivity (Wildman–Crippen MR) is 106 cm³/mol. The molecule has 1 saturated carbocycles. The maximum absolute atomic E-state index is 13.6. The Morgan fingerprint density at radius 1 is 1.35 bits per heavy atom. The highest BCUT2D eigenvalue weighted by molar-refractivity contribution is 6.21. The molecular formula is C21H25ClN2O2. The molecule has 5 heteroatoms. The van der Waals surface area contributed by atoms with Gasteiger partial charge in [-0.2, -0.15) is 0 Å². The molecule has 2 aliphatic rings. The van der Waals surface area contributed by atoms with Crippen LogP contribution in [0.15, 0.2) is 35.8 Å². The molecule has 0 saturated heterocycles. The van der Waals surface area contributed by atoms with Crippen molar-refractivity contribution < 1.29 is 9.59 Å². The van der Waals surface area contributed by atoms with E-state index in [0.29, 0.717) is 24.1 Å². The van der Waals surface area contributed by atoms with Crippen LogP contribution < -0.4 is 5.32 Å². The Balaban J connectivity index is 2.25. The molecule has 138 valence electrons. The Labute approximate surface area is 159 Å². The third-order valence-corrected chi connectivity index (χ3v) is 7.28. The minimum absolute atomic E-state index is 0.00307. The van der Waals surface area contributed by atoms with Crippen LogP contribution in [0.3, 0.4) is 0 Å². The molecule has 0 bridgehead atoms. The number of nitrogens with zero attached hydrogens (tertiary/aromatic N) is 1. The number of alkyl halides is 1. The summed E-state index contributed by atoms with van der Waals surface area (Å²) in [6.07, 6.45) is 3.12. The zero-order chi connectivity index (χ0) is 19.3. The fraction of sp³-hybridized carbons (Fsp3) is 0.476. The number of hydrogen-bond donors (Lipinski definition) is 1. The maximum atomic E-state index is 13.6. The van der Waals surface area contributed by atoms with Gasteiger partial charge in [-0.05, 0) is 36.1 Å². The minimum Gasteiger partial charge on any atom is -0.328 e. The van der Waals surface area contributed by atoms with E-state index in [1.54, 1.807) is 6.07 Å². The van der Waals surface area contributed by atoms with Crippen molar-refractivity contribution in [2.75, 3.05) is 5.32 Å². The lowest BCUT2D eigenvalue weighted by molar-refractivity contribution is -0.105. The van der Waals surface area contributed by atoms with Crippen LogP contribution in [-0.2, 0) is 10.2 Å².